The van der Waals surface area contributed by atoms with Gasteiger partial charge in [0, 0.05) is 0 Å². The van der Waals surface area contributed by atoms with Crippen LogP contribution >= 0.6 is 0 Å². The molecule has 6 rings (SSSR count). The van der Waals surface area contributed by atoms with Crippen LogP contribution in [-0.4, -0.2) is 37.9 Å². The fraction of sp³-hybridized carbons (Fsp3) is 0.344. The molecule has 0 unspecified atom stereocenters. The Bertz CT molecular complexity index is 1640. The number of rotatable bonds is 3. The maximum atomic E-state index is 12.4. The number of hydrogen-bond donors (Lipinski definition) is 3. The highest BCUT2D eigenvalue weighted by molar-refractivity contribution is 5.74. The first-order valence-corrected chi connectivity index (χ1v) is 14.2. The van der Waals surface area contributed by atoms with Gasteiger partial charge in [0.2, 0.25) is 0 Å². The monoisotopic (exact) mass is 664 g/mol. The van der Waals surface area contributed by atoms with Crippen LogP contribution in [0.5, 0.6) is 0 Å². The Kier molecular flexibility index (Phi) is 9.97. The number of alkyl halides is 6. The molecule has 3 aromatic rings. The Morgan fingerprint density at radius 3 is 1.55 bits per heavy atom. The first-order chi connectivity index (χ1) is 21.9. The van der Waals surface area contributed by atoms with Crippen molar-refractivity contribution in [1.82, 2.24) is 0 Å². The van der Waals surface area contributed by atoms with Crippen LogP contribution in [-0.2, 0) is 37.6 Å². The first kappa shape index (κ1) is 34.9. The van der Waals surface area contributed by atoms with E-state index in [4.69, 9.17) is 31.4 Å². The third-order valence-electron chi connectivity index (χ3n) is 7.49. The molecule has 0 saturated carbocycles. The largest absolute Gasteiger partial charge is 0.463 e. The predicted octanol–water partition coefficient (Wildman–Crippen LogP) is 5.91. The Labute approximate surface area is 267 Å². The van der Waals surface area contributed by atoms with Gasteiger partial charge in [-0.05, 0) is 61.7 Å². The minimum absolute atomic E-state index is 0.0161. The average Bonchev–Trinajstić information content (AvgIpc) is 3.71. The van der Waals surface area contributed by atoms with E-state index < -0.39 is 35.1 Å². The number of ether oxygens (including phenoxy) is 3. The average molecular weight is 665 g/mol. The second-order valence-corrected chi connectivity index (χ2v) is 11.4. The number of amidine groups is 3. The van der Waals surface area contributed by atoms with Gasteiger partial charge in [0.25, 0.3) is 18.1 Å². The van der Waals surface area contributed by atoms with Crippen molar-refractivity contribution in [3.8, 4) is 0 Å². The Balaban J connectivity index is 0.000000160. The summed E-state index contributed by atoms with van der Waals surface area (Å²) in [6.45, 7) is 6.81. The highest BCUT2D eigenvalue weighted by Crippen LogP contribution is 2.35. The predicted molar refractivity (Wildman–Crippen MR) is 164 cm³/mol. The van der Waals surface area contributed by atoms with Crippen LogP contribution in [0, 0.1) is 6.92 Å². The zero-order chi connectivity index (χ0) is 34.6. The van der Waals surface area contributed by atoms with E-state index in [1.165, 1.54) is 23.8 Å². The molecule has 0 radical (unpaired) electrons. The van der Waals surface area contributed by atoms with Crippen molar-refractivity contribution < 1.29 is 40.6 Å². The van der Waals surface area contributed by atoms with Gasteiger partial charge < -0.3 is 31.4 Å². The SMILES string of the molecule is C[C@]1(c2ccc(C(F)(F)F)cc2)COC(N)=N1.Cc1ccc([C@@]2(C)COC(N)=N2)cc1.NC1=N[C@@H](c2cccc(C(F)(F)F)c2)CO1. The van der Waals surface area contributed by atoms with Gasteiger partial charge >= 0.3 is 12.4 Å². The molecule has 3 aliphatic heterocycles. The molecule has 252 valence electrons. The molecule has 3 atom stereocenters. The van der Waals surface area contributed by atoms with Crippen LogP contribution in [0.3, 0.4) is 0 Å². The standard InChI is InChI=1S/C11H11F3N2O.C11H14N2O.C10H9F3N2O/c1-10(6-17-9(15)16-10)7-2-4-8(5-3-7)11(12,13)14;1-8-3-5-9(6-4-8)11(2)7-14-10(12)13-11;11-10(12,13)7-3-1-2-6(4-7)8-5-16-9(14)15-8/h2-5H,6H2,1H3,(H2,15,16);3-6H,7H2,1-2H3,(H2,12,13);1-4,8H,5H2,(H2,14,15)/t10-;11-;8-/m111/s1. The number of nitrogens with two attached hydrogens (primary N) is 3. The van der Waals surface area contributed by atoms with Crippen molar-refractivity contribution in [3.05, 3.63) is 106 Å². The molecule has 9 nitrogen and oxygen atoms in total. The Morgan fingerprint density at radius 2 is 1.15 bits per heavy atom. The summed E-state index contributed by atoms with van der Waals surface area (Å²) in [5.74, 6) is 0. The fourth-order valence-electron chi connectivity index (χ4n) is 4.76. The zero-order valence-corrected chi connectivity index (χ0v) is 25.7. The van der Waals surface area contributed by atoms with Gasteiger partial charge in [0.15, 0.2) is 0 Å². The number of aryl methyl sites for hydroxylation is 1. The van der Waals surface area contributed by atoms with Crippen molar-refractivity contribution >= 4 is 18.1 Å². The van der Waals surface area contributed by atoms with Crippen molar-refractivity contribution in [2.75, 3.05) is 19.8 Å². The summed E-state index contributed by atoms with van der Waals surface area (Å²) in [4.78, 5) is 12.3. The molecule has 6 N–H and O–H groups in total. The second kappa shape index (κ2) is 13.4. The lowest BCUT2D eigenvalue weighted by atomic mass is 9.93. The van der Waals surface area contributed by atoms with Crippen LogP contribution in [0.25, 0.3) is 0 Å². The summed E-state index contributed by atoms with van der Waals surface area (Å²) in [5.41, 5.74) is 17.3. The highest BCUT2D eigenvalue weighted by atomic mass is 19.4. The molecule has 0 spiro atoms. The van der Waals surface area contributed by atoms with Gasteiger partial charge in [-0.1, -0.05) is 54.1 Å². The molecule has 15 heteroatoms. The number of halogens is 6. The maximum Gasteiger partial charge on any atom is 0.416 e. The summed E-state index contributed by atoms with van der Waals surface area (Å²) in [5, 5.41) is 0. The van der Waals surface area contributed by atoms with E-state index in [2.05, 4.69) is 46.2 Å². The molecule has 0 aliphatic carbocycles. The van der Waals surface area contributed by atoms with Crippen LogP contribution in [0.15, 0.2) is 87.8 Å². The van der Waals surface area contributed by atoms with Crippen LogP contribution in [0.1, 0.15) is 53.3 Å². The molecule has 47 heavy (non-hydrogen) atoms. The molecular formula is C32H34F6N6O3. The van der Waals surface area contributed by atoms with Gasteiger partial charge in [-0.3, -0.25) is 0 Å². The molecule has 3 aliphatic rings. The number of nitrogens with zero attached hydrogens (tertiary/aromatic N) is 3. The molecule has 3 aromatic carbocycles. The van der Waals surface area contributed by atoms with Gasteiger partial charge in [-0.15, -0.1) is 0 Å². The molecule has 0 bridgehead atoms. The van der Waals surface area contributed by atoms with E-state index in [9.17, 15) is 26.3 Å². The summed E-state index contributed by atoms with van der Waals surface area (Å²) in [7, 11) is 0. The minimum atomic E-state index is -4.34. The molecule has 0 amide bonds. The molecular weight excluding hydrogens is 630 g/mol. The summed E-state index contributed by atoms with van der Waals surface area (Å²) in [6.07, 6.45) is -8.67. The van der Waals surface area contributed by atoms with E-state index >= 15 is 0 Å². The van der Waals surface area contributed by atoms with Crippen LogP contribution in [0.4, 0.5) is 26.3 Å². The number of aliphatic imine (C=N–C) groups is 3. The fourth-order valence-corrected chi connectivity index (χ4v) is 4.76. The Hall–Kier alpha value is -4.95. The quantitative estimate of drug-likeness (QED) is 0.297. The summed E-state index contributed by atoms with van der Waals surface area (Å²) >= 11 is 0. The Morgan fingerprint density at radius 1 is 0.660 bits per heavy atom. The molecule has 3 heterocycles. The van der Waals surface area contributed by atoms with E-state index in [0.29, 0.717) is 17.7 Å². The van der Waals surface area contributed by atoms with Gasteiger partial charge in [0.1, 0.15) is 36.9 Å². The van der Waals surface area contributed by atoms with Crippen molar-refractivity contribution in [1.29, 1.82) is 0 Å². The molecule has 0 saturated heterocycles. The zero-order valence-electron chi connectivity index (χ0n) is 25.7. The van der Waals surface area contributed by atoms with Gasteiger partial charge in [-0.25, -0.2) is 15.0 Å². The summed E-state index contributed by atoms with van der Waals surface area (Å²) < 4.78 is 89.6. The third kappa shape index (κ3) is 8.86. The smallest absolute Gasteiger partial charge is 0.416 e. The van der Waals surface area contributed by atoms with E-state index in [0.717, 1.165) is 29.8 Å². The normalized spacial score (nSPS) is 23.4. The van der Waals surface area contributed by atoms with Crippen molar-refractivity contribution in [2.24, 2.45) is 32.2 Å². The lowest BCUT2D eigenvalue weighted by Gasteiger charge is -2.19. The summed E-state index contributed by atoms with van der Waals surface area (Å²) in [6, 6.07) is 18.1. The lowest BCUT2D eigenvalue weighted by molar-refractivity contribution is -0.138. The second-order valence-electron chi connectivity index (χ2n) is 11.4. The minimum Gasteiger partial charge on any atom is -0.463 e. The van der Waals surface area contributed by atoms with E-state index in [1.807, 2.05) is 6.92 Å². The lowest BCUT2D eigenvalue weighted by Crippen LogP contribution is -2.20. The number of benzene rings is 3. The molecule has 0 aromatic heterocycles. The maximum absolute atomic E-state index is 12.4. The van der Waals surface area contributed by atoms with Crippen molar-refractivity contribution in [2.45, 2.75) is 50.2 Å². The van der Waals surface area contributed by atoms with Crippen LogP contribution < -0.4 is 17.2 Å². The van der Waals surface area contributed by atoms with E-state index in [-0.39, 0.29) is 36.8 Å². The van der Waals surface area contributed by atoms with E-state index in [1.54, 1.807) is 13.0 Å². The van der Waals surface area contributed by atoms with Crippen molar-refractivity contribution in [3.63, 3.8) is 0 Å². The molecule has 0 fully saturated rings. The topological polar surface area (TPSA) is 143 Å². The highest BCUT2D eigenvalue weighted by Gasteiger charge is 2.36. The van der Waals surface area contributed by atoms with Gasteiger partial charge in [-0.2, -0.15) is 26.3 Å². The van der Waals surface area contributed by atoms with Gasteiger partial charge in [0.05, 0.1) is 11.1 Å². The first-order valence-electron chi connectivity index (χ1n) is 14.2. The number of hydrogen-bond acceptors (Lipinski definition) is 9. The third-order valence-corrected chi connectivity index (χ3v) is 7.49. The van der Waals surface area contributed by atoms with Crippen LogP contribution in [0.2, 0.25) is 0 Å².